The van der Waals surface area contributed by atoms with Crippen molar-refractivity contribution < 1.29 is 4.74 Å². The molecular formula is C11H14N2O. The van der Waals surface area contributed by atoms with Crippen molar-refractivity contribution in [2.75, 3.05) is 20.2 Å². The third kappa shape index (κ3) is 2.12. The lowest BCUT2D eigenvalue weighted by atomic mass is 10.2. The van der Waals surface area contributed by atoms with E-state index in [9.17, 15) is 0 Å². The Bertz CT molecular complexity index is 322. The van der Waals surface area contributed by atoms with Gasteiger partial charge in [-0.05, 0) is 31.2 Å². The number of nitrogens with one attached hydrogen (secondary N) is 1. The minimum absolute atomic E-state index is 0.802. The van der Waals surface area contributed by atoms with Gasteiger partial charge in [0, 0.05) is 6.54 Å². The van der Waals surface area contributed by atoms with E-state index in [1.54, 1.807) is 13.3 Å². The lowest BCUT2D eigenvalue weighted by molar-refractivity contribution is 0.413. The smallest absolute Gasteiger partial charge is 0.137 e. The van der Waals surface area contributed by atoms with Gasteiger partial charge in [0.05, 0.1) is 19.0 Å². The summed E-state index contributed by atoms with van der Waals surface area (Å²) in [5.41, 5.74) is 2.42. The molecule has 74 valence electrons. The van der Waals surface area contributed by atoms with Gasteiger partial charge in [-0.1, -0.05) is 5.57 Å². The molecule has 0 saturated carbocycles. The van der Waals surface area contributed by atoms with Crippen molar-refractivity contribution in [1.29, 1.82) is 0 Å². The summed E-state index contributed by atoms with van der Waals surface area (Å²) in [6.45, 7) is 2.08. The minimum atomic E-state index is 0.802. The fourth-order valence-electron chi connectivity index (χ4n) is 1.52. The van der Waals surface area contributed by atoms with E-state index in [-0.39, 0.29) is 0 Å². The average Bonchev–Trinajstić information content (AvgIpc) is 2.72. The first kappa shape index (κ1) is 9.21. The van der Waals surface area contributed by atoms with Crippen molar-refractivity contribution in [2.24, 2.45) is 0 Å². The fraction of sp³-hybridized carbons (Fsp3) is 0.364. The highest BCUT2D eigenvalue weighted by molar-refractivity contribution is 5.50. The van der Waals surface area contributed by atoms with Gasteiger partial charge in [0.1, 0.15) is 5.75 Å². The maximum Gasteiger partial charge on any atom is 0.137 e. The first-order valence-electron chi connectivity index (χ1n) is 4.79. The number of pyridine rings is 1. The average molecular weight is 190 g/mol. The molecule has 0 amide bonds. The van der Waals surface area contributed by atoms with E-state index >= 15 is 0 Å². The van der Waals surface area contributed by atoms with Crippen LogP contribution in [-0.2, 0) is 0 Å². The molecule has 0 bridgehead atoms. The Labute approximate surface area is 83.8 Å². The van der Waals surface area contributed by atoms with E-state index in [2.05, 4.69) is 16.4 Å². The molecule has 3 nitrogen and oxygen atoms in total. The molecule has 0 spiro atoms. The molecule has 0 atom stereocenters. The third-order valence-corrected chi connectivity index (χ3v) is 2.32. The number of methoxy groups -OCH3 is 1. The van der Waals surface area contributed by atoms with Gasteiger partial charge in [0.25, 0.3) is 0 Å². The Balaban J connectivity index is 2.12. The van der Waals surface area contributed by atoms with Gasteiger partial charge in [-0.15, -0.1) is 0 Å². The van der Waals surface area contributed by atoms with Crippen molar-refractivity contribution in [1.82, 2.24) is 10.3 Å². The molecule has 2 rings (SSSR count). The number of aromatic nitrogens is 1. The van der Waals surface area contributed by atoms with Crippen LogP contribution < -0.4 is 10.1 Å². The Hall–Kier alpha value is -1.35. The monoisotopic (exact) mass is 190 g/mol. The van der Waals surface area contributed by atoms with Crippen molar-refractivity contribution in [3.05, 3.63) is 29.6 Å². The summed E-state index contributed by atoms with van der Waals surface area (Å²) in [5.74, 6) is 0.802. The van der Waals surface area contributed by atoms with Gasteiger partial charge in [-0.2, -0.15) is 0 Å². The van der Waals surface area contributed by atoms with Crippen LogP contribution in [0, 0.1) is 0 Å². The van der Waals surface area contributed by atoms with Gasteiger partial charge < -0.3 is 10.1 Å². The molecular weight excluding hydrogens is 176 g/mol. The van der Waals surface area contributed by atoms with Crippen LogP contribution in [0.3, 0.4) is 0 Å². The van der Waals surface area contributed by atoms with Crippen LogP contribution in [0.4, 0.5) is 0 Å². The van der Waals surface area contributed by atoms with Crippen molar-refractivity contribution >= 4 is 6.08 Å². The summed E-state index contributed by atoms with van der Waals surface area (Å²) in [6, 6.07) is 3.91. The molecule has 1 fully saturated rings. The van der Waals surface area contributed by atoms with Crippen LogP contribution in [-0.4, -0.2) is 25.2 Å². The molecule has 0 aliphatic carbocycles. The van der Waals surface area contributed by atoms with Gasteiger partial charge in [-0.25, -0.2) is 0 Å². The Morgan fingerprint density at radius 3 is 3.00 bits per heavy atom. The molecule has 2 heterocycles. The number of rotatable bonds is 2. The quantitative estimate of drug-likeness (QED) is 0.766. The molecule has 1 saturated heterocycles. The van der Waals surface area contributed by atoms with Crippen LogP contribution in [0.5, 0.6) is 5.75 Å². The highest BCUT2D eigenvalue weighted by Crippen LogP contribution is 2.13. The van der Waals surface area contributed by atoms with Crippen LogP contribution in [0.15, 0.2) is 23.9 Å². The Morgan fingerprint density at radius 2 is 2.43 bits per heavy atom. The predicted octanol–water partition coefficient (Wildman–Crippen LogP) is 1.47. The molecule has 14 heavy (non-hydrogen) atoms. The summed E-state index contributed by atoms with van der Waals surface area (Å²) in [6.07, 6.45) is 5.02. The lowest BCUT2D eigenvalue weighted by Crippen LogP contribution is -2.04. The summed E-state index contributed by atoms with van der Waals surface area (Å²) in [4.78, 5) is 4.28. The van der Waals surface area contributed by atoms with Crippen LogP contribution in [0.25, 0.3) is 6.08 Å². The van der Waals surface area contributed by atoms with Crippen LogP contribution in [0.1, 0.15) is 12.1 Å². The van der Waals surface area contributed by atoms with Crippen molar-refractivity contribution in [2.45, 2.75) is 6.42 Å². The summed E-state index contributed by atoms with van der Waals surface area (Å²) < 4.78 is 5.04. The van der Waals surface area contributed by atoms with E-state index in [1.165, 1.54) is 5.57 Å². The number of hydrogen-bond donors (Lipinski definition) is 1. The molecule has 0 radical (unpaired) electrons. The number of hydrogen-bond acceptors (Lipinski definition) is 3. The topological polar surface area (TPSA) is 34.1 Å². The summed E-state index contributed by atoms with van der Waals surface area (Å²) in [7, 11) is 1.65. The fourth-order valence-corrected chi connectivity index (χ4v) is 1.52. The van der Waals surface area contributed by atoms with E-state index in [0.717, 1.165) is 31.0 Å². The molecule has 0 aromatic carbocycles. The van der Waals surface area contributed by atoms with E-state index < -0.39 is 0 Å². The molecule has 1 N–H and O–H groups in total. The number of nitrogens with zero attached hydrogens (tertiary/aromatic N) is 1. The molecule has 1 aliphatic heterocycles. The van der Waals surface area contributed by atoms with E-state index in [1.807, 2.05) is 12.1 Å². The van der Waals surface area contributed by atoms with Gasteiger partial charge in [-0.3, -0.25) is 4.98 Å². The van der Waals surface area contributed by atoms with Crippen molar-refractivity contribution in [3.8, 4) is 5.75 Å². The van der Waals surface area contributed by atoms with E-state index in [0.29, 0.717) is 0 Å². The Kier molecular flexibility index (Phi) is 2.79. The molecule has 3 heteroatoms. The molecule has 0 unspecified atom stereocenters. The second kappa shape index (κ2) is 4.24. The normalized spacial score (nSPS) is 18.8. The summed E-state index contributed by atoms with van der Waals surface area (Å²) >= 11 is 0. The second-order valence-corrected chi connectivity index (χ2v) is 3.35. The van der Waals surface area contributed by atoms with E-state index in [4.69, 9.17) is 4.74 Å². The zero-order chi connectivity index (χ0) is 9.80. The maximum atomic E-state index is 5.04. The largest absolute Gasteiger partial charge is 0.495 e. The summed E-state index contributed by atoms with van der Waals surface area (Å²) in [5, 5.41) is 3.29. The van der Waals surface area contributed by atoms with Gasteiger partial charge >= 0.3 is 0 Å². The first-order chi connectivity index (χ1) is 6.88. The maximum absolute atomic E-state index is 5.04. The van der Waals surface area contributed by atoms with Crippen LogP contribution in [0.2, 0.25) is 0 Å². The highest BCUT2D eigenvalue weighted by atomic mass is 16.5. The standard InChI is InChI=1S/C11H14N2O/c1-14-11-3-2-10(13-8-11)6-9-4-5-12-7-9/h2-3,6,8,12H,4-5,7H2,1H3/b9-6+. The Morgan fingerprint density at radius 1 is 1.50 bits per heavy atom. The molecule has 1 aromatic heterocycles. The zero-order valence-electron chi connectivity index (χ0n) is 8.29. The first-order valence-corrected chi connectivity index (χ1v) is 4.79. The van der Waals surface area contributed by atoms with Crippen molar-refractivity contribution in [3.63, 3.8) is 0 Å². The number of ether oxygens (including phenoxy) is 1. The second-order valence-electron chi connectivity index (χ2n) is 3.35. The van der Waals surface area contributed by atoms with Gasteiger partial charge in [0.2, 0.25) is 0 Å². The molecule has 1 aromatic rings. The van der Waals surface area contributed by atoms with Gasteiger partial charge in [0.15, 0.2) is 0 Å². The SMILES string of the molecule is COc1ccc(/C=C2\CCNC2)nc1. The third-order valence-electron chi connectivity index (χ3n) is 2.32. The lowest BCUT2D eigenvalue weighted by Gasteiger charge is -1.99. The van der Waals surface area contributed by atoms with Crippen LogP contribution >= 0.6 is 0 Å². The highest BCUT2D eigenvalue weighted by Gasteiger charge is 2.05. The molecule has 1 aliphatic rings. The minimum Gasteiger partial charge on any atom is -0.495 e. The predicted molar refractivity (Wildman–Crippen MR) is 56.3 cm³/mol. The zero-order valence-corrected chi connectivity index (χ0v) is 8.29.